The van der Waals surface area contributed by atoms with Gasteiger partial charge < -0.3 is 15.4 Å². The van der Waals surface area contributed by atoms with E-state index in [9.17, 15) is 9.59 Å². The Morgan fingerprint density at radius 2 is 1.46 bits per heavy atom. The molecular formula is C23H30N2O3. The molecule has 150 valence electrons. The first-order valence-corrected chi connectivity index (χ1v) is 9.67. The number of hydrogen-bond acceptors (Lipinski definition) is 3. The maximum absolute atomic E-state index is 12.2. The molecule has 0 radical (unpaired) electrons. The van der Waals surface area contributed by atoms with Crippen LogP contribution in [0.25, 0.3) is 0 Å². The normalized spacial score (nSPS) is 10.8. The number of carbonyl (C=O) groups is 2. The van der Waals surface area contributed by atoms with Crippen molar-refractivity contribution in [1.29, 1.82) is 0 Å². The number of rotatable bonds is 8. The van der Waals surface area contributed by atoms with E-state index >= 15 is 0 Å². The summed E-state index contributed by atoms with van der Waals surface area (Å²) in [5, 5.41) is 5.66. The molecule has 5 heteroatoms. The summed E-state index contributed by atoms with van der Waals surface area (Å²) >= 11 is 0. The van der Waals surface area contributed by atoms with E-state index in [0.29, 0.717) is 29.6 Å². The molecular weight excluding hydrogens is 352 g/mol. The fourth-order valence-corrected chi connectivity index (χ4v) is 2.80. The van der Waals surface area contributed by atoms with E-state index in [-0.39, 0.29) is 18.4 Å². The van der Waals surface area contributed by atoms with Gasteiger partial charge in [-0.1, -0.05) is 39.8 Å². The first kappa shape index (κ1) is 21.5. The maximum Gasteiger partial charge on any atom is 0.262 e. The Hall–Kier alpha value is -2.82. The topological polar surface area (TPSA) is 67.4 Å². The number of anilines is 2. The first-order chi connectivity index (χ1) is 13.2. The highest BCUT2D eigenvalue weighted by Crippen LogP contribution is 2.27. The molecule has 0 saturated heterocycles. The van der Waals surface area contributed by atoms with Gasteiger partial charge in [-0.3, -0.25) is 9.59 Å². The zero-order chi connectivity index (χ0) is 20.7. The SMILES string of the molecule is Cc1ccc(C(C)C)c(OCC(=O)Nc2ccc(NC(=O)CC(C)C)cc2)c1. The van der Waals surface area contributed by atoms with Gasteiger partial charge in [0.15, 0.2) is 6.61 Å². The average molecular weight is 383 g/mol. The first-order valence-electron chi connectivity index (χ1n) is 9.67. The number of benzene rings is 2. The Morgan fingerprint density at radius 3 is 2.00 bits per heavy atom. The van der Waals surface area contributed by atoms with E-state index in [1.807, 2.05) is 39.0 Å². The van der Waals surface area contributed by atoms with Crippen molar-refractivity contribution in [3.63, 3.8) is 0 Å². The third-order valence-corrected chi connectivity index (χ3v) is 4.20. The zero-order valence-electron chi connectivity index (χ0n) is 17.3. The molecule has 0 bridgehead atoms. The molecule has 2 aromatic carbocycles. The summed E-state index contributed by atoms with van der Waals surface area (Å²) < 4.78 is 5.76. The lowest BCUT2D eigenvalue weighted by Gasteiger charge is -2.15. The quantitative estimate of drug-likeness (QED) is 0.666. The van der Waals surface area contributed by atoms with Gasteiger partial charge in [-0.05, 0) is 60.2 Å². The summed E-state index contributed by atoms with van der Waals surface area (Å²) in [5.74, 6) is 1.13. The van der Waals surface area contributed by atoms with Crippen LogP contribution in [0.15, 0.2) is 42.5 Å². The minimum atomic E-state index is -0.229. The van der Waals surface area contributed by atoms with Gasteiger partial charge in [0.05, 0.1) is 0 Å². The molecule has 0 aliphatic rings. The van der Waals surface area contributed by atoms with E-state index in [2.05, 4.69) is 24.5 Å². The van der Waals surface area contributed by atoms with Crippen LogP contribution < -0.4 is 15.4 Å². The summed E-state index contributed by atoms with van der Waals surface area (Å²) in [6, 6.07) is 13.1. The summed E-state index contributed by atoms with van der Waals surface area (Å²) in [6.07, 6.45) is 0.479. The van der Waals surface area contributed by atoms with Crippen molar-refractivity contribution in [2.24, 2.45) is 5.92 Å². The third-order valence-electron chi connectivity index (χ3n) is 4.20. The molecule has 0 aliphatic heterocycles. The number of ether oxygens (including phenoxy) is 1. The molecule has 2 aromatic rings. The lowest BCUT2D eigenvalue weighted by atomic mass is 10.0. The van der Waals surface area contributed by atoms with Gasteiger partial charge in [-0.15, -0.1) is 0 Å². The van der Waals surface area contributed by atoms with Crippen LogP contribution in [0.1, 0.15) is 51.2 Å². The average Bonchev–Trinajstić information content (AvgIpc) is 2.60. The summed E-state index contributed by atoms with van der Waals surface area (Å²) in [7, 11) is 0. The molecule has 0 atom stereocenters. The molecule has 2 rings (SSSR count). The van der Waals surface area contributed by atoms with Crippen molar-refractivity contribution >= 4 is 23.2 Å². The Morgan fingerprint density at radius 1 is 0.893 bits per heavy atom. The van der Waals surface area contributed by atoms with Crippen molar-refractivity contribution in [2.75, 3.05) is 17.2 Å². The molecule has 0 saturated carbocycles. The van der Waals surface area contributed by atoms with Crippen LogP contribution in [0.4, 0.5) is 11.4 Å². The van der Waals surface area contributed by atoms with Crippen molar-refractivity contribution in [3.8, 4) is 5.75 Å². The second-order valence-electron chi connectivity index (χ2n) is 7.76. The number of nitrogens with one attached hydrogen (secondary N) is 2. The highest BCUT2D eigenvalue weighted by atomic mass is 16.5. The molecule has 0 aromatic heterocycles. The molecule has 0 heterocycles. The number of aryl methyl sites for hydroxylation is 1. The Kier molecular flexibility index (Phi) is 7.61. The highest BCUT2D eigenvalue weighted by Gasteiger charge is 2.11. The molecule has 0 aliphatic carbocycles. The van der Waals surface area contributed by atoms with Crippen LogP contribution in [0.2, 0.25) is 0 Å². The second kappa shape index (κ2) is 9.93. The zero-order valence-corrected chi connectivity index (χ0v) is 17.3. The van der Waals surface area contributed by atoms with Crippen LogP contribution in [0.3, 0.4) is 0 Å². The van der Waals surface area contributed by atoms with Crippen molar-refractivity contribution < 1.29 is 14.3 Å². The van der Waals surface area contributed by atoms with E-state index in [1.54, 1.807) is 24.3 Å². The van der Waals surface area contributed by atoms with E-state index < -0.39 is 0 Å². The summed E-state index contributed by atoms with van der Waals surface area (Å²) in [4.78, 5) is 24.0. The van der Waals surface area contributed by atoms with Crippen LogP contribution in [0, 0.1) is 12.8 Å². The van der Waals surface area contributed by atoms with Crippen LogP contribution in [0.5, 0.6) is 5.75 Å². The second-order valence-corrected chi connectivity index (χ2v) is 7.76. The van der Waals surface area contributed by atoms with Gasteiger partial charge >= 0.3 is 0 Å². The largest absolute Gasteiger partial charge is 0.483 e. The standard InChI is InChI=1S/C23H30N2O3/c1-15(2)12-22(26)24-18-7-9-19(10-8-18)25-23(27)14-28-21-13-17(5)6-11-20(21)16(3)4/h6-11,13,15-16H,12,14H2,1-5H3,(H,24,26)(H,25,27). The fourth-order valence-electron chi connectivity index (χ4n) is 2.80. The molecule has 5 nitrogen and oxygen atoms in total. The van der Waals surface area contributed by atoms with Gasteiger partial charge in [0.2, 0.25) is 5.91 Å². The number of hydrogen-bond donors (Lipinski definition) is 2. The van der Waals surface area contributed by atoms with Gasteiger partial charge in [-0.2, -0.15) is 0 Å². The highest BCUT2D eigenvalue weighted by molar-refractivity contribution is 5.93. The van der Waals surface area contributed by atoms with Gasteiger partial charge in [0.25, 0.3) is 5.91 Å². The smallest absolute Gasteiger partial charge is 0.262 e. The Bertz CT molecular complexity index is 811. The van der Waals surface area contributed by atoms with Crippen LogP contribution in [-0.2, 0) is 9.59 Å². The predicted molar refractivity (Wildman–Crippen MR) is 114 cm³/mol. The van der Waals surface area contributed by atoms with Crippen molar-refractivity contribution in [3.05, 3.63) is 53.6 Å². The minimum Gasteiger partial charge on any atom is -0.483 e. The minimum absolute atomic E-state index is 0.0145. The van der Waals surface area contributed by atoms with Crippen molar-refractivity contribution in [2.45, 2.75) is 47.0 Å². The Labute approximate surface area is 167 Å². The summed E-state index contributed by atoms with van der Waals surface area (Å²) in [5.41, 5.74) is 3.54. The van der Waals surface area contributed by atoms with Crippen LogP contribution >= 0.6 is 0 Å². The monoisotopic (exact) mass is 382 g/mol. The predicted octanol–water partition coefficient (Wildman–Crippen LogP) is 5.12. The molecule has 2 N–H and O–H groups in total. The maximum atomic E-state index is 12.2. The van der Waals surface area contributed by atoms with E-state index in [0.717, 1.165) is 16.9 Å². The van der Waals surface area contributed by atoms with Gasteiger partial charge in [-0.25, -0.2) is 0 Å². The molecule has 2 amide bonds. The van der Waals surface area contributed by atoms with E-state index in [1.165, 1.54) is 0 Å². The van der Waals surface area contributed by atoms with Gasteiger partial charge in [0, 0.05) is 17.8 Å². The lowest BCUT2D eigenvalue weighted by molar-refractivity contribution is -0.118. The van der Waals surface area contributed by atoms with E-state index in [4.69, 9.17) is 4.74 Å². The summed E-state index contributed by atoms with van der Waals surface area (Å²) in [6.45, 7) is 10.1. The third kappa shape index (κ3) is 6.72. The molecule has 28 heavy (non-hydrogen) atoms. The number of amides is 2. The molecule has 0 unspecified atom stereocenters. The van der Waals surface area contributed by atoms with Crippen molar-refractivity contribution in [1.82, 2.24) is 0 Å². The Balaban J connectivity index is 1.90. The lowest BCUT2D eigenvalue weighted by Crippen LogP contribution is -2.20. The van der Waals surface area contributed by atoms with Gasteiger partial charge in [0.1, 0.15) is 5.75 Å². The molecule has 0 fully saturated rings. The van der Waals surface area contributed by atoms with Crippen LogP contribution in [-0.4, -0.2) is 18.4 Å². The molecule has 0 spiro atoms. The number of carbonyl (C=O) groups excluding carboxylic acids is 2. The fraction of sp³-hybridized carbons (Fsp3) is 0.391.